The number of hydrogen-bond donors (Lipinski definition) is 1. The monoisotopic (exact) mass is 365 g/mol. The molecule has 2 aromatic rings. The minimum Gasteiger partial charge on any atom is -0.494 e. The fourth-order valence-corrected chi connectivity index (χ4v) is 4.42. The average Bonchev–Trinajstić information content (AvgIpc) is 3.27. The largest absolute Gasteiger partial charge is 0.494 e. The maximum Gasteiger partial charge on any atom is 0.257 e. The molecule has 1 aromatic carbocycles. The van der Waals surface area contributed by atoms with E-state index in [9.17, 15) is 13.2 Å². The van der Waals surface area contributed by atoms with E-state index < -0.39 is 22.0 Å². The Bertz CT molecular complexity index is 820. The summed E-state index contributed by atoms with van der Waals surface area (Å²) in [6.07, 6.45) is 3.75. The van der Waals surface area contributed by atoms with E-state index in [2.05, 4.69) is 15.6 Å². The van der Waals surface area contributed by atoms with Gasteiger partial charge in [-0.2, -0.15) is 4.31 Å². The van der Waals surface area contributed by atoms with Crippen LogP contribution in [0.15, 0.2) is 41.8 Å². The first kappa shape index (κ1) is 17.4. The van der Waals surface area contributed by atoms with E-state index in [1.54, 1.807) is 12.1 Å². The predicted molar refractivity (Wildman–Crippen MR) is 88.9 cm³/mol. The van der Waals surface area contributed by atoms with Gasteiger partial charge in [0.15, 0.2) is 0 Å². The van der Waals surface area contributed by atoms with Gasteiger partial charge in [-0.1, -0.05) is 0 Å². The molecule has 0 aliphatic carbocycles. The van der Waals surface area contributed by atoms with Crippen molar-refractivity contribution in [2.24, 2.45) is 0 Å². The van der Waals surface area contributed by atoms with Crippen LogP contribution in [0.4, 0.5) is 0 Å². The molecule has 1 aromatic heterocycles. The Morgan fingerprint density at radius 1 is 1.28 bits per heavy atom. The molecule has 0 bridgehead atoms. The second kappa shape index (κ2) is 7.19. The SMILES string of the molecule is CCOc1ccc(S(=O)(=O)N2CCC[C@H]2C(=O)Nn2cnnc2)cc1. The number of rotatable bonds is 6. The molecule has 0 saturated carbocycles. The summed E-state index contributed by atoms with van der Waals surface area (Å²) in [5.41, 5.74) is 2.57. The van der Waals surface area contributed by atoms with Gasteiger partial charge in [0.2, 0.25) is 10.0 Å². The maximum absolute atomic E-state index is 12.9. The minimum absolute atomic E-state index is 0.139. The van der Waals surface area contributed by atoms with Crippen LogP contribution in [-0.4, -0.2) is 52.7 Å². The summed E-state index contributed by atoms with van der Waals surface area (Å²) in [6, 6.07) is 5.44. The van der Waals surface area contributed by atoms with Gasteiger partial charge in [-0.25, -0.2) is 13.1 Å². The molecule has 1 aliphatic rings. The molecule has 10 heteroatoms. The highest BCUT2D eigenvalue weighted by Crippen LogP contribution is 2.27. The van der Waals surface area contributed by atoms with Crippen LogP contribution >= 0.6 is 0 Å². The Labute approximate surface area is 145 Å². The van der Waals surface area contributed by atoms with Crippen LogP contribution < -0.4 is 10.2 Å². The molecular formula is C15H19N5O4S. The van der Waals surface area contributed by atoms with Gasteiger partial charge in [0.25, 0.3) is 5.91 Å². The molecule has 1 atom stereocenters. The third-order valence-corrected chi connectivity index (χ3v) is 5.83. The molecule has 1 aliphatic heterocycles. The van der Waals surface area contributed by atoms with Crippen LogP contribution in [0.3, 0.4) is 0 Å². The van der Waals surface area contributed by atoms with E-state index in [1.165, 1.54) is 33.8 Å². The Hall–Kier alpha value is -2.46. The van der Waals surface area contributed by atoms with Gasteiger partial charge in [-0.05, 0) is 44.0 Å². The number of hydrogen-bond acceptors (Lipinski definition) is 6. The fourth-order valence-electron chi connectivity index (χ4n) is 2.76. The first-order valence-electron chi connectivity index (χ1n) is 7.92. The van der Waals surface area contributed by atoms with Crippen molar-refractivity contribution < 1.29 is 17.9 Å². The van der Waals surface area contributed by atoms with Crippen molar-refractivity contribution in [1.29, 1.82) is 0 Å². The highest BCUT2D eigenvalue weighted by Gasteiger charge is 2.39. The van der Waals surface area contributed by atoms with Crippen LogP contribution in [0.5, 0.6) is 5.75 Å². The summed E-state index contributed by atoms with van der Waals surface area (Å²) in [7, 11) is -3.77. The fraction of sp³-hybridized carbons (Fsp3) is 0.400. The van der Waals surface area contributed by atoms with Crippen molar-refractivity contribution in [1.82, 2.24) is 19.2 Å². The summed E-state index contributed by atoms with van der Waals surface area (Å²) in [6.45, 7) is 2.66. The molecule has 1 fully saturated rings. The highest BCUT2D eigenvalue weighted by atomic mass is 32.2. The molecule has 0 unspecified atom stereocenters. The van der Waals surface area contributed by atoms with Crippen molar-refractivity contribution in [3.05, 3.63) is 36.9 Å². The van der Waals surface area contributed by atoms with Crippen molar-refractivity contribution in [3.8, 4) is 5.75 Å². The minimum atomic E-state index is -3.77. The predicted octanol–water partition coefficient (Wildman–Crippen LogP) is 0.600. The second-order valence-corrected chi connectivity index (χ2v) is 7.41. The number of ether oxygens (including phenoxy) is 1. The highest BCUT2D eigenvalue weighted by molar-refractivity contribution is 7.89. The second-order valence-electron chi connectivity index (χ2n) is 5.52. The average molecular weight is 365 g/mol. The third-order valence-electron chi connectivity index (χ3n) is 3.91. The number of amides is 1. The zero-order chi connectivity index (χ0) is 17.9. The summed E-state index contributed by atoms with van der Waals surface area (Å²) in [5.74, 6) is 0.191. The van der Waals surface area contributed by atoms with Gasteiger partial charge in [0, 0.05) is 6.54 Å². The topological polar surface area (TPSA) is 106 Å². The van der Waals surface area contributed by atoms with E-state index in [0.29, 0.717) is 31.7 Å². The van der Waals surface area contributed by atoms with E-state index in [0.717, 1.165) is 0 Å². The number of benzene rings is 1. The Morgan fingerprint density at radius 2 is 1.96 bits per heavy atom. The molecule has 1 amide bonds. The number of nitrogens with one attached hydrogen (secondary N) is 1. The maximum atomic E-state index is 12.9. The smallest absolute Gasteiger partial charge is 0.257 e. The van der Waals surface area contributed by atoms with Gasteiger partial charge in [0.1, 0.15) is 24.4 Å². The molecular weight excluding hydrogens is 346 g/mol. The number of aromatic nitrogens is 3. The van der Waals surface area contributed by atoms with Crippen LogP contribution in [0.1, 0.15) is 19.8 Å². The molecule has 3 rings (SSSR count). The first-order valence-corrected chi connectivity index (χ1v) is 9.36. The van der Waals surface area contributed by atoms with Crippen LogP contribution in [0.2, 0.25) is 0 Å². The zero-order valence-electron chi connectivity index (χ0n) is 13.7. The quantitative estimate of drug-likeness (QED) is 0.803. The van der Waals surface area contributed by atoms with Gasteiger partial charge >= 0.3 is 0 Å². The number of sulfonamides is 1. The van der Waals surface area contributed by atoms with Crippen LogP contribution in [0, 0.1) is 0 Å². The summed E-state index contributed by atoms with van der Waals surface area (Å²) < 4.78 is 33.7. The molecule has 2 heterocycles. The number of carbonyl (C=O) groups is 1. The third kappa shape index (κ3) is 3.64. The Kier molecular flexibility index (Phi) is 5.00. The van der Waals surface area contributed by atoms with E-state index >= 15 is 0 Å². The van der Waals surface area contributed by atoms with Crippen LogP contribution in [0.25, 0.3) is 0 Å². The lowest BCUT2D eigenvalue weighted by atomic mass is 10.2. The zero-order valence-corrected chi connectivity index (χ0v) is 14.5. The molecule has 0 radical (unpaired) electrons. The summed E-state index contributed by atoms with van der Waals surface area (Å²) in [4.78, 5) is 12.6. The number of nitrogens with zero attached hydrogens (tertiary/aromatic N) is 4. The van der Waals surface area contributed by atoms with Crippen molar-refractivity contribution >= 4 is 15.9 Å². The van der Waals surface area contributed by atoms with E-state index in [-0.39, 0.29) is 4.90 Å². The summed E-state index contributed by atoms with van der Waals surface area (Å²) in [5, 5.41) is 7.19. The van der Waals surface area contributed by atoms with Gasteiger partial charge in [-0.15, -0.1) is 10.2 Å². The standard InChI is InChI=1S/C15H19N5O4S/c1-2-24-12-5-7-13(8-6-12)25(22,23)20-9-3-4-14(20)15(21)18-19-10-16-17-11-19/h5-8,10-11,14H,2-4,9H2,1H3,(H,18,21)/t14-/m0/s1. The summed E-state index contributed by atoms with van der Waals surface area (Å²) >= 11 is 0. The van der Waals surface area contributed by atoms with E-state index in [4.69, 9.17) is 4.74 Å². The van der Waals surface area contributed by atoms with Crippen molar-refractivity contribution in [2.45, 2.75) is 30.7 Å². The van der Waals surface area contributed by atoms with Gasteiger partial charge in [0.05, 0.1) is 11.5 Å². The normalized spacial score (nSPS) is 18.2. The number of carbonyl (C=O) groups excluding carboxylic acids is 1. The molecule has 134 valence electrons. The molecule has 25 heavy (non-hydrogen) atoms. The first-order chi connectivity index (χ1) is 12.0. The van der Waals surface area contributed by atoms with Crippen molar-refractivity contribution in [2.75, 3.05) is 18.6 Å². The Morgan fingerprint density at radius 3 is 2.60 bits per heavy atom. The lowest BCUT2D eigenvalue weighted by Gasteiger charge is -2.23. The molecule has 0 spiro atoms. The van der Waals surface area contributed by atoms with E-state index in [1.807, 2.05) is 6.92 Å². The lowest BCUT2D eigenvalue weighted by Crippen LogP contribution is -2.44. The lowest BCUT2D eigenvalue weighted by molar-refractivity contribution is -0.120. The Balaban J connectivity index is 1.79. The molecule has 1 saturated heterocycles. The molecule has 9 nitrogen and oxygen atoms in total. The molecule has 1 N–H and O–H groups in total. The van der Waals surface area contributed by atoms with Gasteiger partial charge in [-0.3, -0.25) is 10.2 Å². The van der Waals surface area contributed by atoms with Crippen molar-refractivity contribution in [3.63, 3.8) is 0 Å². The van der Waals surface area contributed by atoms with Crippen LogP contribution in [-0.2, 0) is 14.8 Å². The van der Waals surface area contributed by atoms with Gasteiger partial charge < -0.3 is 4.74 Å².